The van der Waals surface area contributed by atoms with E-state index in [0.717, 1.165) is 30.6 Å². The van der Waals surface area contributed by atoms with Crippen molar-refractivity contribution in [3.8, 4) is 34.7 Å². The molecule has 0 saturated heterocycles. The van der Waals surface area contributed by atoms with Gasteiger partial charge in [-0.15, -0.1) is 0 Å². The minimum absolute atomic E-state index is 0.0308. The first-order valence-electron chi connectivity index (χ1n) is 11.1. The van der Waals surface area contributed by atoms with Crippen LogP contribution in [0.15, 0.2) is 34.9 Å². The fourth-order valence-electron chi connectivity index (χ4n) is 4.21. The summed E-state index contributed by atoms with van der Waals surface area (Å²) in [7, 11) is 0. The number of nitriles is 1. The Hall–Kier alpha value is -3.25. The van der Waals surface area contributed by atoms with Crippen molar-refractivity contribution in [2.45, 2.75) is 45.9 Å². The molecule has 0 spiro atoms. The monoisotopic (exact) mass is 448 g/mol. The zero-order valence-electron chi connectivity index (χ0n) is 19.1. The van der Waals surface area contributed by atoms with E-state index in [1.165, 1.54) is 11.1 Å². The first kappa shape index (κ1) is 22.9. The topological polar surface area (TPSA) is 116 Å². The predicted molar refractivity (Wildman–Crippen MR) is 122 cm³/mol. The van der Waals surface area contributed by atoms with Gasteiger partial charge < -0.3 is 19.5 Å². The van der Waals surface area contributed by atoms with Crippen molar-refractivity contribution in [3.05, 3.63) is 52.6 Å². The van der Waals surface area contributed by atoms with Gasteiger partial charge in [0.25, 0.3) is 5.89 Å². The van der Waals surface area contributed by atoms with Gasteiger partial charge in [-0.05, 0) is 62.1 Å². The second-order valence-electron chi connectivity index (χ2n) is 8.61. The van der Waals surface area contributed by atoms with Gasteiger partial charge in [0.2, 0.25) is 5.82 Å². The lowest BCUT2D eigenvalue weighted by Gasteiger charge is -2.31. The third-order valence-electron chi connectivity index (χ3n) is 5.82. The summed E-state index contributed by atoms with van der Waals surface area (Å²) in [6, 6.07) is 11.5. The Morgan fingerprint density at radius 3 is 2.82 bits per heavy atom. The van der Waals surface area contributed by atoms with E-state index in [4.69, 9.17) is 14.4 Å². The molecule has 8 nitrogen and oxygen atoms in total. The number of aromatic nitrogens is 2. The fraction of sp³-hybridized carbons (Fsp3) is 0.400. The van der Waals surface area contributed by atoms with E-state index >= 15 is 0 Å². The maximum atomic E-state index is 9.74. The molecule has 172 valence electrons. The van der Waals surface area contributed by atoms with Gasteiger partial charge in [0.05, 0.1) is 24.4 Å². The Kier molecular flexibility index (Phi) is 6.75. The molecule has 0 amide bonds. The second kappa shape index (κ2) is 9.71. The molecule has 0 saturated carbocycles. The van der Waals surface area contributed by atoms with E-state index in [1.54, 1.807) is 12.1 Å². The van der Waals surface area contributed by atoms with E-state index in [1.807, 2.05) is 26.0 Å². The Morgan fingerprint density at radius 2 is 2.09 bits per heavy atom. The maximum absolute atomic E-state index is 9.74. The molecule has 0 aliphatic carbocycles. The van der Waals surface area contributed by atoms with Gasteiger partial charge in [0.1, 0.15) is 11.8 Å². The van der Waals surface area contributed by atoms with Crippen LogP contribution in [0.2, 0.25) is 0 Å². The van der Waals surface area contributed by atoms with Gasteiger partial charge in [-0.3, -0.25) is 4.90 Å². The molecule has 2 aromatic carbocycles. The predicted octanol–water partition coefficient (Wildman–Crippen LogP) is 3.08. The molecular weight excluding hydrogens is 420 g/mol. The largest absolute Gasteiger partial charge is 0.490 e. The Balaban J connectivity index is 1.58. The number of ether oxygens (including phenoxy) is 1. The highest BCUT2D eigenvalue weighted by atomic mass is 16.5. The number of nitrogens with zero attached hydrogens (tertiary/aromatic N) is 4. The first-order valence-corrected chi connectivity index (χ1v) is 11.1. The molecule has 0 unspecified atom stereocenters. The molecule has 8 heteroatoms. The second-order valence-corrected chi connectivity index (χ2v) is 8.61. The fourth-order valence-corrected chi connectivity index (χ4v) is 4.21. The lowest BCUT2D eigenvalue weighted by atomic mass is 9.91. The van der Waals surface area contributed by atoms with Gasteiger partial charge in [0.15, 0.2) is 0 Å². The van der Waals surface area contributed by atoms with Gasteiger partial charge >= 0.3 is 0 Å². The summed E-state index contributed by atoms with van der Waals surface area (Å²) in [5.41, 5.74) is 5.57. The van der Waals surface area contributed by atoms with Crippen molar-refractivity contribution >= 4 is 0 Å². The van der Waals surface area contributed by atoms with Crippen LogP contribution in [-0.2, 0) is 13.0 Å². The summed E-state index contributed by atoms with van der Waals surface area (Å²) in [6.45, 7) is 7.66. The Morgan fingerprint density at radius 1 is 1.27 bits per heavy atom. The van der Waals surface area contributed by atoms with Crippen molar-refractivity contribution in [1.82, 2.24) is 15.0 Å². The normalized spacial score (nSPS) is 14.7. The summed E-state index contributed by atoms with van der Waals surface area (Å²) in [6.07, 6.45) is 0.0924. The van der Waals surface area contributed by atoms with Crippen LogP contribution in [0.25, 0.3) is 22.8 Å². The number of fused-ring (bicyclic) bond motifs is 1. The molecule has 1 aromatic heterocycles. The van der Waals surface area contributed by atoms with Crippen LogP contribution in [0.5, 0.6) is 5.75 Å². The number of hydrogen-bond acceptors (Lipinski definition) is 8. The summed E-state index contributed by atoms with van der Waals surface area (Å²) in [4.78, 5) is 6.74. The van der Waals surface area contributed by atoms with Crippen molar-refractivity contribution in [2.24, 2.45) is 0 Å². The van der Waals surface area contributed by atoms with E-state index < -0.39 is 6.10 Å². The highest BCUT2D eigenvalue weighted by Gasteiger charge is 2.23. The molecule has 1 aliphatic heterocycles. The molecular formula is C25H28N4O4. The lowest BCUT2D eigenvalue weighted by molar-refractivity contribution is 0.0551. The maximum Gasteiger partial charge on any atom is 0.258 e. The van der Waals surface area contributed by atoms with Crippen LogP contribution in [0.3, 0.4) is 0 Å². The molecule has 2 N–H and O–H groups in total. The zero-order chi connectivity index (χ0) is 23.5. The molecule has 3 aromatic rings. The smallest absolute Gasteiger partial charge is 0.258 e. The molecule has 2 heterocycles. The van der Waals surface area contributed by atoms with Crippen molar-refractivity contribution in [2.75, 3.05) is 19.7 Å². The van der Waals surface area contributed by atoms with Crippen molar-refractivity contribution in [3.63, 3.8) is 0 Å². The minimum Gasteiger partial charge on any atom is -0.490 e. The summed E-state index contributed by atoms with van der Waals surface area (Å²) in [5.74, 6) is 1.38. The average molecular weight is 449 g/mol. The first-order chi connectivity index (χ1) is 15.9. The van der Waals surface area contributed by atoms with Crippen LogP contribution >= 0.6 is 0 Å². The number of aliphatic hydroxyl groups excluding tert-OH is 2. The zero-order valence-corrected chi connectivity index (χ0v) is 19.1. The summed E-state index contributed by atoms with van der Waals surface area (Å²) < 4.78 is 11.2. The SMILES string of the molecule is Cc1c(-c2noc(-c3ccc(OC(C)C)c(C#N)c3)n2)ccc2c1CCN(C[C@@H](O)CO)C2. The van der Waals surface area contributed by atoms with Crippen LogP contribution < -0.4 is 4.74 Å². The standard InChI is InChI=1S/C25H28N4O4/c1-15(2)32-23-7-5-17(10-19(23)11-26)25-27-24(28-33-25)22-6-4-18-12-29(13-20(31)14-30)9-8-21(18)16(22)3/h4-7,10,15,20,30-31H,8-9,12-14H2,1-3H3/t20-/m1/s1. The van der Waals surface area contributed by atoms with E-state index in [9.17, 15) is 10.4 Å². The van der Waals surface area contributed by atoms with E-state index in [0.29, 0.717) is 35.1 Å². The van der Waals surface area contributed by atoms with Crippen LogP contribution in [0.1, 0.15) is 36.1 Å². The number of aliphatic hydroxyl groups is 2. The molecule has 1 atom stereocenters. The Labute approximate surface area is 193 Å². The summed E-state index contributed by atoms with van der Waals surface area (Å²) >= 11 is 0. The lowest BCUT2D eigenvalue weighted by Crippen LogP contribution is -2.38. The van der Waals surface area contributed by atoms with Crippen LogP contribution in [-0.4, -0.2) is 57.2 Å². The van der Waals surface area contributed by atoms with E-state index in [-0.39, 0.29) is 12.7 Å². The minimum atomic E-state index is -0.725. The van der Waals surface area contributed by atoms with Crippen molar-refractivity contribution < 1.29 is 19.5 Å². The molecule has 33 heavy (non-hydrogen) atoms. The number of β-amino-alcohol motifs (C(OH)–C–C–N with tert-alkyl or cyclic N) is 1. The molecule has 1 aliphatic rings. The molecule has 0 radical (unpaired) electrons. The highest BCUT2D eigenvalue weighted by molar-refractivity contribution is 5.66. The van der Waals surface area contributed by atoms with Crippen LogP contribution in [0, 0.1) is 18.3 Å². The highest BCUT2D eigenvalue weighted by Crippen LogP contribution is 2.32. The average Bonchev–Trinajstić information content (AvgIpc) is 3.29. The Bertz CT molecular complexity index is 1180. The molecule has 4 rings (SSSR count). The number of rotatable bonds is 7. The van der Waals surface area contributed by atoms with Crippen LogP contribution in [0.4, 0.5) is 0 Å². The number of hydrogen-bond donors (Lipinski definition) is 2. The third-order valence-corrected chi connectivity index (χ3v) is 5.82. The third kappa shape index (κ3) is 4.91. The number of benzene rings is 2. The summed E-state index contributed by atoms with van der Waals surface area (Å²) in [5, 5.41) is 32.5. The quantitative estimate of drug-likeness (QED) is 0.567. The van der Waals surface area contributed by atoms with Gasteiger partial charge in [-0.1, -0.05) is 17.3 Å². The van der Waals surface area contributed by atoms with Gasteiger partial charge in [0, 0.05) is 30.8 Å². The van der Waals surface area contributed by atoms with Crippen molar-refractivity contribution in [1.29, 1.82) is 5.26 Å². The van der Waals surface area contributed by atoms with Gasteiger partial charge in [-0.2, -0.15) is 10.2 Å². The van der Waals surface area contributed by atoms with Gasteiger partial charge in [-0.25, -0.2) is 0 Å². The molecule has 0 fully saturated rings. The molecule has 0 bridgehead atoms. The van der Waals surface area contributed by atoms with E-state index in [2.05, 4.69) is 34.1 Å².